The van der Waals surface area contributed by atoms with Crippen LogP contribution in [0.3, 0.4) is 0 Å². The van der Waals surface area contributed by atoms with E-state index < -0.39 is 5.97 Å². The van der Waals surface area contributed by atoms with Gasteiger partial charge >= 0.3 is 12.1 Å². The number of Topliss-reactive ketones (excluding diaryl/α,β-unsaturated/α-hetero) is 1. The van der Waals surface area contributed by atoms with E-state index in [4.69, 9.17) is 14.2 Å². The van der Waals surface area contributed by atoms with Gasteiger partial charge in [-0.2, -0.15) is 0 Å². The molecular formula is C22H27NO7. The number of ether oxygens (including phenoxy) is 4. The Morgan fingerprint density at radius 3 is 2.47 bits per heavy atom. The van der Waals surface area contributed by atoms with E-state index in [9.17, 15) is 14.4 Å². The molecule has 162 valence electrons. The van der Waals surface area contributed by atoms with Gasteiger partial charge in [0, 0.05) is 19.5 Å². The molecule has 1 aromatic rings. The Morgan fingerprint density at radius 2 is 1.83 bits per heavy atom. The molecule has 0 aromatic heterocycles. The second-order valence-electron chi connectivity index (χ2n) is 7.24. The van der Waals surface area contributed by atoms with Gasteiger partial charge in [-0.15, -0.1) is 0 Å². The highest BCUT2D eigenvalue weighted by Gasteiger charge is 2.42. The number of hydrogen-bond donors (Lipinski definition) is 0. The number of benzene rings is 1. The van der Waals surface area contributed by atoms with Crippen LogP contribution < -0.4 is 4.74 Å². The maximum absolute atomic E-state index is 12.9. The van der Waals surface area contributed by atoms with Gasteiger partial charge in [0.05, 0.1) is 18.6 Å². The fourth-order valence-corrected chi connectivity index (χ4v) is 3.72. The molecule has 2 aliphatic rings. The van der Waals surface area contributed by atoms with Crippen LogP contribution >= 0.6 is 0 Å². The summed E-state index contributed by atoms with van der Waals surface area (Å²) in [5.74, 6) is -0.356. The molecule has 0 radical (unpaired) electrons. The summed E-state index contributed by atoms with van der Waals surface area (Å²) in [6, 6.07) is 6.31. The van der Waals surface area contributed by atoms with Crippen molar-refractivity contribution in [2.75, 3.05) is 20.2 Å². The number of ketones is 1. The van der Waals surface area contributed by atoms with Crippen LogP contribution in [0.5, 0.6) is 5.75 Å². The van der Waals surface area contributed by atoms with Crippen LogP contribution in [-0.4, -0.2) is 55.2 Å². The topological polar surface area (TPSA) is 91.4 Å². The highest BCUT2D eigenvalue weighted by molar-refractivity contribution is 5.96. The summed E-state index contributed by atoms with van der Waals surface area (Å²) in [4.78, 5) is 38.2. The van der Waals surface area contributed by atoms with Gasteiger partial charge in [-0.05, 0) is 51.0 Å². The van der Waals surface area contributed by atoms with Gasteiger partial charge < -0.3 is 23.8 Å². The van der Waals surface area contributed by atoms with Crippen molar-refractivity contribution >= 4 is 17.8 Å². The van der Waals surface area contributed by atoms with E-state index in [1.165, 1.54) is 13.4 Å². The number of carbonyl (C=O) groups excluding carboxylic acids is 3. The number of carbonyl (C=O) groups is 3. The van der Waals surface area contributed by atoms with Gasteiger partial charge in [0.2, 0.25) is 11.5 Å². The standard InChI is InChI=1S/C22H27NO7/c1-4-23(5-2)22(26)30-16-10-11-17-18(12-16)28-13-19(20(17)24)29-15-8-6-14(7-9-15)21(25)27-3/h6-9,13,16-18H,4-5,10-12H2,1-3H3. The van der Waals surface area contributed by atoms with Crippen LogP contribution in [0, 0.1) is 5.92 Å². The molecule has 3 atom stereocenters. The first-order chi connectivity index (χ1) is 14.5. The third-order valence-electron chi connectivity index (χ3n) is 5.47. The van der Waals surface area contributed by atoms with Crippen LogP contribution in [0.1, 0.15) is 43.5 Å². The molecule has 1 amide bonds. The lowest BCUT2D eigenvalue weighted by atomic mass is 9.80. The molecular weight excluding hydrogens is 390 g/mol. The van der Waals surface area contributed by atoms with Gasteiger partial charge in [-0.3, -0.25) is 4.79 Å². The van der Waals surface area contributed by atoms with E-state index >= 15 is 0 Å². The molecule has 1 aromatic carbocycles. The number of methoxy groups -OCH3 is 1. The number of hydrogen-bond acceptors (Lipinski definition) is 7. The zero-order chi connectivity index (χ0) is 21.7. The third kappa shape index (κ3) is 4.75. The molecule has 0 spiro atoms. The average molecular weight is 417 g/mol. The van der Waals surface area contributed by atoms with Crippen molar-refractivity contribution in [3.8, 4) is 5.75 Å². The Labute approximate surface area is 175 Å². The van der Waals surface area contributed by atoms with E-state index in [-0.39, 0.29) is 35.8 Å². The minimum absolute atomic E-state index is 0.126. The largest absolute Gasteiger partial charge is 0.493 e. The highest BCUT2D eigenvalue weighted by atomic mass is 16.6. The molecule has 3 unspecified atom stereocenters. The molecule has 0 saturated heterocycles. The van der Waals surface area contributed by atoms with E-state index in [2.05, 4.69) is 4.74 Å². The maximum Gasteiger partial charge on any atom is 0.410 e. The van der Waals surface area contributed by atoms with E-state index in [1.807, 2.05) is 13.8 Å². The molecule has 1 aliphatic heterocycles. The summed E-state index contributed by atoms with van der Waals surface area (Å²) in [5, 5.41) is 0. The van der Waals surface area contributed by atoms with Crippen LogP contribution in [-0.2, 0) is 19.0 Å². The first kappa shape index (κ1) is 21.7. The Balaban J connectivity index is 1.60. The molecule has 0 bridgehead atoms. The summed E-state index contributed by atoms with van der Waals surface area (Å²) >= 11 is 0. The molecule has 30 heavy (non-hydrogen) atoms. The van der Waals surface area contributed by atoms with Crippen molar-refractivity contribution in [3.63, 3.8) is 0 Å². The van der Waals surface area contributed by atoms with E-state index in [0.29, 0.717) is 43.7 Å². The first-order valence-electron chi connectivity index (χ1n) is 10.2. The monoisotopic (exact) mass is 417 g/mol. The van der Waals surface area contributed by atoms with Gasteiger partial charge in [0.25, 0.3) is 0 Å². The Hall–Kier alpha value is -3.03. The predicted octanol–water partition coefficient (Wildman–Crippen LogP) is 3.31. The Morgan fingerprint density at radius 1 is 1.13 bits per heavy atom. The SMILES string of the molecule is CCN(CC)C(=O)OC1CCC2C(=O)C(Oc3ccc(C(=O)OC)cc3)=COC2C1. The normalized spacial score (nSPS) is 22.8. The van der Waals surface area contributed by atoms with E-state index in [1.54, 1.807) is 29.2 Å². The highest BCUT2D eigenvalue weighted by Crippen LogP contribution is 2.35. The van der Waals surface area contributed by atoms with Crippen molar-refractivity contribution in [1.29, 1.82) is 0 Å². The lowest BCUT2D eigenvalue weighted by Crippen LogP contribution is -2.44. The summed E-state index contributed by atoms with van der Waals surface area (Å²) in [5.41, 5.74) is 0.391. The second kappa shape index (κ2) is 9.65. The lowest BCUT2D eigenvalue weighted by Gasteiger charge is -2.37. The van der Waals surface area contributed by atoms with Crippen molar-refractivity contribution in [3.05, 3.63) is 41.9 Å². The first-order valence-corrected chi connectivity index (χ1v) is 10.2. The van der Waals surface area contributed by atoms with Crippen LogP contribution in [0.15, 0.2) is 36.3 Å². The molecule has 3 rings (SSSR count). The minimum atomic E-state index is -0.445. The van der Waals surface area contributed by atoms with Crippen molar-refractivity contribution in [1.82, 2.24) is 4.90 Å². The summed E-state index contributed by atoms with van der Waals surface area (Å²) in [7, 11) is 1.31. The number of fused-ring (bicyclic) bond motifs is 1. The van der Waals surface area contributed by atoms with Gasteiger partial charge in [0.1, 0.15) is 24.2 Å². The number of esters is 1. The van der Waals surface area contributed by atoms with Crippen LogP contribution in [0.2, 0.25) is 0 Å². The molecule has 1 fully saturated rings. The third-order valence-corrected chi connectivity index (χ3v) is 5.47. The average Bonchev–Trinajstić information content (AvgIpc) is 2.76. The lowest BCUT2D eigenvalue weighted by molar-refractivity contribution is -0.132. The number of allylic oxidation sites excluding steroid dienone is 1. The van der Waals surface area contributed by atoms with Crippen molar-refractivity contribution in [2.24, 2.45) is 5.92 Å². The van der Waals surface area contributed by atoms with Crippen molar-refractivity contribution in [2.45, 2.75) is 45.3 Å². The molecule has 0 N–H and O–H groups in total. The zero-order valence-corrected chi connectivity index (χ0v) is 17.5. The molecule has 1 heterocycles. The smallest absolute Gasteiger partial charge is 0.410 e. The number of amides is 1. The van der Waals surface area contributed by atoms with Gasteiger partial charge in [0.15, 0.2) is 0 Å². The zero-order valence-electron chi connectivity index (χ0n) is 17.5. The van der Waals surface area contributed by atoms with Crippen LogP contribution in [0.25, 0.3) is 0 Å². The van der Waals surface area contributed by atoms with E-state index in [0.717, 1.165) is 0 Å². The fraction of sp³-hybridized carbons (Fsp3) is 0.500. The molecule has 8 nitrogen and oxygen atoms in total. The molecule has 8 heteroatoms. The maximum atomic E-state index is 12.9. The molecule has 1 saturated carbocycles. The summed E-state index contributed by atoms with van der Waals surface area (Å²) < 4.78 is 21.7. The second-order valence-corrected chi connectivity index (χ2v) is 7.24. The minimum Gasteiger partial charge on any atom is -0.493 e. The van der Waals surface area contributed by atoms with Crippen molar-refractivity contribution < 1.29 is 33.3 Å². The van der Waals surface area contributed by atoms with Gasteiger partial charge in [-0.1, -0.05) is 0 Å². The summed E-state index contributed by atoms with van der Waals surface area (Å²) in [6.07, 6.45) is 2.02. The Bertz CT molecular complexity index is 813. The predicted molar refractivity (Wildman–Crippen MR) is 107 cm³/mol. The quantitative estimate of drug-likeness (QED) is 0.656. The Kier molecular flexibility index (Phi) is 6.97. The number of nitrogens with zero attached hydrogens (tertiary/aromatic N) is 1. The number of rotatable bonds is 6. The fourth-order valence-electron chi connectivity index (χ4n) is 3.72. The summed E-state index contributed by atoms with van der Waals surface area (Å²) in [6.45, 7) is 4.99. The van der Waals surface area contributed by atoms with Gasteiger partial charge in [-0.25, -0.2) is 9.59 Å². The molecule has 1 aliphatic carbocycles. The van der Waals surface area contributed by atoms with Crippen LogP contribution in [0.4, 0.5) is 4.79 Å².